The Morgan fingerprint density at radius 3 is 2.70 bits per heavy atom. The van der Waals surface area contributed by atoms with Crippen molar-refractivity contribution in [3.8, 4) is 11.5 Å². The lowest BCUT2D eigenvalue weighted by molar-refractivity contribution is -0.0476. The summed E-state index contributed by atoms with van der Waals surface area (Å²) in [5.41, 5.74) is 6.59. The maximum absolute atomic E-state index is 10.4. The Labute approximate surface area is 154 Å². The molecule has 1 saturated heterocycles. The summed E-state index contributed by atoms with van der Waals surface area (Å²) in [6.45, 7) is 0.0266. The monoisotopic (exact) mass is 373 g/mol. The maximum Gasteiger partial charge on any atom is 0.167 e. The molecule has 10 nitrogen and oxygen atoms in total. The summed E-state index contributed by atoms with van der Waals surface area (Å²) in [6.07, 6.45) is -1.24. The molecule has 0 bridgehead atoms. The molecule has 2 aromatic heterocycles. The van der Waals surface area contributed by atoms with Gasteiger partial charge in [-0.15, -0.1) is 0 Å². The molecule has 0 amide bonds. The zero-order chi connectivity index (χ0) is 19.0. The number of imidazole rings is 1. The van der Waals surface area contributed by atoms with E-state index in [-0.39, 0.29) is 12.4 Å². The molecule has 1 aliphatic heterocycles. The number of aromatic nitrogens is 4. The van der Waals surface area contributed by atoms with E-state index < -0.39 is 24.5 Å². The molecule has 0 spiro atoms. The molecule has 4 rings (SSSR count). The van der Waals surface area contributed by atoms with Crippen LogP contribution in [0, 0.1) is 0 Å². The predicted octanol–water partition coefficient (Wildman–Crippen LogP) is 0.115. The van der Waals surface area contributed by atoms with Crippen molar-refractivity contribution >= 4 is 17.0 Å². The third kappa shape index (κ3) is 3.03. The standard InChI is InChI=1S/C17H19N5O5/c1-25-9-4-2-3-5-10(9)26-6-11-13(23)14(24)17(27-11)22-8-21-12-15(18)19-7-20-16(12)22/h2-5,7-8,11,13-14,17,23-24H,6H2,1H3,(H2,18,19,20)/t11-,13-,14-,17-/m1/s1. The molecule has 0 saturated carbocycles. The average molecular weight is 373 g/mol. The van der Waals surface area contributed by atoms with Gasteiger partial charge in [0.2, 0.25) is 0 Å². The van der Waals surface area contributed by atoms with Crippen LogP contribution in [-0.4, -0.2) is 61.8 Å². The maximum atomic E-state index is 10.4. The molecule has 0 unspecified atom stereocenters. The number of fused-ring (bicyclic) bond motifs is 1. The Bertz CT molecular complexity index is 948. The molecule has 1 fully saturated rings. The number of benzene rings is 1. The number of nitrogens with zero attached hydrogens (tertiary/aromatic N) is 4. The molecule has 4 atom stereocenters. The molecule has 3 heterocycles. The van der Waals surface area contributed by atoms with Crippen LogP contribution in [0.4, 0.5) is 5.82 Å². The van der Waals surface area contributed by atoms with Crippen LogP contribution in [0.1, 0.15) is 6.23 Å². The number of nitrogen functional groups attached to an aromatic ring is 1. The average Bonchev–Trinajstić information content (AvgIpc) is 3.23. The van der Waals surface area contributed by atoms with E-state index in [9.17, 15) is 10.2 Å². The van der Waals surface area contributed by atoms with E-state index in [1.807, 2.05) is 12.1 Å². The van der Waals surface area contributed by atoms with Crippen molar-refractivity contribution in [3.63, 3.8) is 0 Å². The van der Waals surface area contributed by atoms with Crippen molar-refractivity contribution in [2.75, 3.05) is 19.5 Å². The number of rotatable bonds is 5. The highest BCUT2D eigenvalue weighted by Gasteiger charge is 2.44. The van der Waals surface area contributed by atoms with Crippen LogP contribution in [0.3, 0.4) is 0 Å². The van der Waals surface area contributed by atoms with Crippen LogP contribution in [0.2, 0.25) is 0 Å². The van der Waals surface area contributed by atoms with Crippen molar-refractivity contribution in [3.05, 3.63) is 36.9 Å². The molecule has 1 aromatic carbocycles. The first-order chi connectivity index (χ1) is 13.1. The molecule has 27 heavy (non-hydrogen) atoms. The van der Waals surface area contributed by atoms with Crippen molar-refractivity contribution in [2.45, 2.75) is 24.5 Å². The lowest BCUT2D eigenvalue weighted by Crippen LogP contribution is -2.34. The smallest absolute Gasteiger partial charge is 0.167 e. The number of methoxy groups -OCH3 is 1. The molecule has 10 heteroatoms. The minimum absolute atomic E-state index is 0.0266. The summed E-state index contributed by atoms with van der Waals surface area (Å²) in [5, 5.41) is 20.8. The summed E-state index contributed by atoms with van der Waals surface area (Å²) in [4.78, 5) is 12.2. The number of hydrogen-bond donors (Lipinski definition) is 3. The van der Waals surface area contributed by atoms with Gasteiger partial charge < -0.3 is 30.2 Å². The zero-order valence-corrected chi connectivity index (χ0v) is 14.5. The van der Waals surface area contributed by atoms with Crippen LogP contribution in [-0.2, 0) is 4.74 Å². The van der Waals surface area contributed by atoms with Gasteiger partial charge in [-0.1, -0.05) is 12.1 Å². The number of nitrogens with two attached hydrogens (primary N) is 1. The number of anilines is 1. The van der Waals surface area contributed by atoms with E-state index in [2.05, 4.69) is 15.0 Å². The molecular formula is C17H19N5O5. The Balaban J connectivity index is 1.53. The van der Waals surface area contributed by atoms with Crippen molar-refractivity contribution in [1.82, 2.24) is 19.5 Å². The highest BCUT2D eigenvalue weighted by molar-refractivity contribution is 5.81. The normalized spacial score (nSPS) is 25.0. The summed E-state index contributed by atoms with van der Waals surface area (Å²) in [7, 11) is 1.54. The SMILES string of the molecule is COc1ccccc1OC[C@H]1O[C@@H](n2cnc3c(N)ncnc32)[C@H](O)[C@@H]1O. The van der Waals surface area contributed by atoms with Crippen molar-refractivity contribution in [1.29, 1.82) is 0 Å². The van der Waals surface area contributed by atoms with E-state index >= 15 is 0 Å². The molecule has 0 aliphatic carbocycles. The first-order valence-electron chi connectivity index (χ1n) is 8.30. The quantitative estimate of drug-likeness (QED) is 0.569. The van der Waals surface area contributed by atoms with E-state index in [0.717, 1.165) is 0 Å². The Morgan fingerprint density at radius 2 is 1.93 bits per heavy atom. The van der Waals surface area contributed by atoms with Gasteiger partial charge in [0, 0.05) is 0 Å². The first-order valence-corrected chi connectivity index (χ1v) is 8.30. The van der Waals surface area contributed by atoms with Gasteiger partial charge in [0.05, 0.1) is 13.4 Å². The third-order valence-electron chi connectivity index (χ3n) is 4.47. The van der Waals surface area contributed by atoms with Gasteiger partial charge in [-0.2, -0.15) is 0 Å². The lowest BCUT2D eigenvalue weighted by Gasteiger charge is -2.17. The second kappa shape index (κ2) is 6.99. The second-order valence-corrected chi connectivity index (χ2v) is 6.09. The molecular weight excluding hydrogens is 354 g/mol. The van der Waals surface area contributed by atoms with Gasteiger partial charge in [0.1, 0.15) is 36.8 Å². The fourth-order valence-corrected chi connectivity index (χ4v) is 3.06. The number of hydrogen-bond acceptors (Lipinski definition) is 9. The highest BCUT2D eigenvalue weighted by Crippen LogP contribution is 2.33. The van der Waals surface area contributed by atoms with E-state index in [0.29, 0.717) is 22.7 Å². The number of aliphatic hydroxyl groups excluding tert-OH is 2. The highest BCUT2D eigenvalue weighted by atomic mass is 16.6. The Hall–Kier alpha value is -2.95. The number of ether oxygens (including phenoxy) is 3. The van der Waals surface area contributed by atoms with Crippen molar-refractivity contribution in [2.24, 2.45) is 0 Å². The lowest BCUT2D eigenvalue weighted by atomic mass is 10.1. The zero-order valence-electron chi connectivity index (χ0n) is 14.5. The summed E-state index contributed by atoms with van der Waals surface area (Å²) < 4.78 is 18.3. The minimum Gasteiger partial charge on any atom is -0.493 e. The number of para-hydroxylation sites is 2. The van der Waals surface area contributed by atoms with Crippen LogP contribution < -0.4 is 15.2 Å². The topological polar surface area (TPSA) is 138 Å². The fraction of sp³-hybridized carbons (Fsp3) is 0.353. The predicted molar refractivity (Wildman–Crippen MR) is 94.1 cm³/mol. The van der Waals surface area contributed by atoms with Gasteiger partial charge in [-0.05, 0) is 12.1 Å². The largest absolute Gasteiger partial charge is 0.493 e. The molecule has 0 radical (unpaired) electrons. The fourth-order valence-electron chi connectivity index (χ4n) is 3.06. The summed E-state index contributed by atoms with van der Waals surface area (Å²) in [5.74, 6) is 1.31. The molecule has 1 aliphatic rings. The van der Waals surface area contributed by atoms with Gasteiger partial charge in [0.25, 0.3) is 0 Å². The van der Waals surface area contributed by atoms with E-state index in [1.54, 1.807) is 19.2 Å². The van der Waals surface area contributed by atoms with Crippen molar-refractivity contribution < 1.29 is 24.4 Å². The Morgan fingerprint density at radius 1 is 1.15 bits per heavy atom. The molecule has 3 aromatic rings. The van der Waals surface area contributed by atoms with E-state index in [1.165, 1.54) is 17.2 Å². The first kappa shape index (κ1) is 17.5. The Kier molecular flexibility index (Phi) is 4.52. The van der Waals surface area contributed by atoms with Crippen LogP contribution in [0.15, 0.2) is 36.9 Å². The molecule has 4 N–H and O–H groups in total. The minimum atomic E-state index is -1.19. The second-order valence-electron chi connectivity index (χ2n) is 6.09. The van der Waals surface area contributed by atoms with Crippen LogP contribution >= 0.6 is 0 Å². The van der Waals surface area contributed by atoms with E-state index in [4.69, 9.17) is 19.9 Å². The summed E-state index contributed by atoms with van der Waals surface area (Å²) >= 11 is 0. The number of aliphatic hydroxyl groups is 2. The van der Waals surface area contributed by atoms with Crippen LogP contribution in [0.5, 0.6) is 11.5 Å². The van der Waals surface area contributed by atoms with Gasteiger partial charge in [-0.3, -0.25) is 4.57 Å². The summed E-state index contributed by atoms with van der Waals surface area (Å²) in [6, 6.07) is 7.14. The molecule has 142 valence electrons. The van der Waals surface area contributed by atoms with Gasteiger partial charge >= 0.3 is 0 Å². The van der Waals surface area contributed by atoms with Gasteiger partial charge in [0.15, 0.2) is 29.2 Å². The van der Waals surface area contributed by atoms with Gasteiger partial charge in [-0.25, -0.2) is 15.0 Å². The third-order valence-corrected chi connectivity index (χ3v) is 4.47. The van der Waals surface area contributed by atoms with Crippen LogP contribution in [0.25, 0.3) is 11.2 Å².